The molecule has 0 bridgehead atoms. The van der Waals surface area contributed by atoms with Crippen LogP contribution in [-0.2, 0) is 6.54 Å². The maximum absolute atomic E-state index is 14.3. The zero-order chi connectivity index (χ0) is 18.3. The maximum atomic E-state index is 14.3. The lowest BCUT2D eigenvalue weighted by Crippen LogP contribution is -2.25. The van der Waals surface area contributed by atoms with Crippen LogP contribution in [0, 0.1) is 17.7 Å². The van der Waals surface area contributed by atoms with Gasteiger partial charge in [-0.3, -0.25) is 4.99 Å². The van der Waals surface area contributed by atoms with E-state index in [-0.39, 0.29) is 5.02 Å². The molecule has 2 aliphatic rings. The molecule has 2 atom stereocenters. The summed E-state index contributed by atoms with van der Waals surface area (Å²) in [5.74, 6) is 1.94. The van der Waals surface area contributed by atoms with E-state index in [4.69, 9.17) is 16.6 Å². The van der Waals surface area contributed by atoms with Gasteiger partial charge in [0.25, 0.3) is 0 Å². The Morgan fingerprint density at radius 1 is 1.31 bits per heavy atom. The van der Waals surface area contributed by atoms with Gasteiger partial charge < -0.3 is 4.90 Å². The molecule has 1 aromatic carbocycles. The third-order valence-corrected chi connectivity index (χ3v) is 5.67. The fourth-order valence-corrected chi connectivity index (χ4v) is 4.18. The Kier molecular flexibility index (Phi) is 4.65. The molecule has 1 fully saturated rings. The molecule has 26 heavy (non-hydrogen) atoms. The van der Waals surface area contributed by atoms with Crippen molar-refractivity contribution in [1.29, 1.82) is 0 Å². The lowest BCUT2D eigenvalue weighted by atomic mass is 10.1. The van der Waals surface area contributed by atoms with Crippen molar-refractivity contribution >= 4 is 23.1 Å². The van der Waals surface area contributed by atoms with Crippen LogP contribution in [0.2, 0.25) is 5.02 Å². The summed E-state index contributed by atoms with van der Waals surface area (Å²) in [6, 6.07) is 4.93. The van der Waals surface area contributed by atoms with Crippen LogP contribution in [0.1, 0.15) is 43.1 Å². The van der Waals surface area contributed by atoms with Crippen LogP contribution in [0.25, 0.3) is 0 Å². The van der Waals surface area contributed by atoms with Crippen LogP contribution in [-0.4, -0.2) is 29.3 Å². The number of anilines is 1. The first-order chi connectivity index (χ1) is 12.5. The van der Waals surface area contributed by atoms with E-state index in [1.807, 2.05) is 0 Å². The molecular weight excluding hydrogens is 351 g/mol. The zero-order valence-corrected chi connectivity index (χ0v) is 15.8. The second-order valence-electron chi connectivity index (χ2n) is 7.45. The molecule has 0 saturated heterocycles. The molecular formula is C20H22ClFN4. The second-order valence-corrected chi connectivity index (χ2v) is 7.86. The number of aliphatic imine (C=N–C) groups is 1. The van der Waals surface area contributed by atoms with Gasteiger partial charge in [0.05, 0.1) is 29.2 Å². The lowest BCUT2D eigenvalue weighted by Gasteiger charge is -2.22. The first kappa shape index (κ1) is 17.4. The van der Waals surface area contributed by atoms with Crippen molar-refractivity contribution in [3.63, 3.8) is 0 Å². The molecule has 2 aromatic rings. The normalized spacial score (nSPS) is 21.6. The first-order valence-corrected chi connectivity index (χ1v) is 9.47. The Balaban J connectivity index is 1.55. The summed E-state index contributed by atoms with van der Waals surface area (Å²) < 4.78 is 14.3. The number of hydrogen-bond acceptors (Lipinski definition) is 4. The van der Waals surface area contributed by atoms with Crippen molar-refractivity contribution in [2.24, 2.45) is 16.8 Å². The van der Waals surface area contributed by atoms with Gasteiger partial charge in [0.2, 0.25) is 0 Å². The molecule has 1 aliphatic carbocycles. The molecule has 2 heterocycles. The molecule has 4 nitrogen and oxygen atoms in total. The molecule has 0 radical (unpaired) electrons. The van der Waals surface area contributed by atoms with Crippen LogP contribution >= 0.6 is 11.6 Å². The van der Waals surface area contributed by atoms with Gasteiger partial charge in [0.15, 0.2) is 5.82 Å². The standard InChI is InChI=1S/C20H22ClFN4/c1-12-6-7-13(8-12)11-26(2)17-10-24-20-16(25-17)9-23-19(20)14-4-3-5-15(21)18(14)22/h3-5,10,12-13H,6-9,11H2,1-2H3/t12-,13-/m0/s1. The highest BCUT2D eigenvalue weighted by atomic mass is 35.5. The summed E-state index contributed by atoms with van der Waals surface area (Å²) in [5, 5.41) is 0.0914. The van der Waals surface area contributed by atoms with Crippen LogP contribution < -0.4 is 4.90 Å². The zero-order valence-electron chi connectivity index (χ0n) is 15.0. The van der Waals surface area contributed by atoms with Crippen molar-refractivity contribution in [2.75, 3.05) is 18.5 Å². The van der Waals surface area contributed by atoms with E-state index in [1.165, 1.54) is 25.3 Å². The van der Waals surface area contributed by atoms with E-state index < -0.39 is 5.82 Å². The summed E-state index contributed by atoms with van der Waals surface area (Å²) in [7, 11) is 2.06. The van der Waals surface area contributed by atoms with Crippen LogP contribution in [0.3, 0.4) is 0 Å². The van der Waals surface area contributed by atoms with Crippen molar-refractivity contribution in [2.45, 2.75) is 32.7 Å². The quantitative estimate of drug-likeness (QED) is 0.793. The molecule has 136 valence electrons. The topological polar surface area (TPSA) is 41.4 Å². The second kappa shape index (κ2) is 6.95. The SMILES string of the molecule is C[C@H]1CC[C@H](CN(C)c2cnc3c(n2)CN=C3c2cccc(Cl)c2F)C1. The van der Waals surface area contributed by atoms with Gasteiger partial charge in [-0.05, 0) is 36.8 Å². The van der Waals surface area contributed by atoms with Crippen molar-refractivity contribution in [1.82, 2.24) is 9.97 Å². The number of benzene rings is 1. The third kappa shape index (κ3) is 3.20. The largest absolute Gasteiger partial charge is 0.358 e. The molecule has 0 amide bonds. The third-order valence-electron chi connectivity index (χ3n) is 5.38. The predicted octanol–water partition coefficient (Wildman–Crippen LogP) is 4.49. The average molecular weight is 373 g/mol. The molecule has 0 N–H and O–H groups in total. The first-order valence-electron chi connectivity index (χ1n) is 9.09. The number of nitrogens with zero attached hydrogens (tertiary/aromatic N) is 4. The molecule has 1 aliphatic heterocycles. The van der Waals surface area contributed by atoms with Gasteiger partial charge >= 0.3 is 0 Å². The fourth-order valence-electron chi connectivity index (χ4n) is 4.01. The number of rotatable bonds is 4. The summed E-state index contributed by atoms with van der Waals surface area (Å²) in [6.45, 7) is 3.74. The summed E-state index contributed by atoms with van der Waals surface area (Å²) in [4.78, 5) is 15.9. The number of halogens is 2. The number of aromatic nitrogens is 2. The minimum absolute atomic E-state index is 0.0914. The minimum atomic E-state index is -0.459. The monoisotopic (exact) mass is 372 g/mol. The van der Waals surface area contributed by atoms with Gasteiger partial charge in [-0.25, -0.2) is 14.4 Å². The number of hydrogen-bond donors (Lipinski definition) is 0. The summed E-state index contributed by atoms with van der Waals surface area (Å²) in [5.41, 5.74) is 2.36. The highest BCUT2D eigenvalue weighted by Crippen LogP contribution is 2.32. The average Bonchev–Trinajstić information content (AvgIpc) is 3.23. The molecule has 1 aromatic heterocycles. The Morgan fingerprint density at radius 2 is 2.15 bits per heavy atom. The Bertz CT molecular complexity index is 867. The van der Waals surface area contributed by atoms with Gasteiger partial charge in [0, 0.05) is 19.2 Å². The summed E-state index contributed by atoms with van der Waals surface area (Å²) in [6.07, 6.45) is 5.65. The Labute approximate surface area is 158 Å². The van der Waals surface area contributed by atoms with Crippen LogP contribution in [0.5, 0.6) is 0 Å². The Hall–Kier alpha value is -2.01. The highest BCUT2D eigenvalue weighted by molar-refractivity contribution is 6.31. The van der Waals surface area contributed by atoms with E-state index in [9.17, 15) is 4.39 Å². The molecule has 0 spiro atoms. The minimum Gasteiger partial charge on any atom is -0.358 e. The van der Waals surface area contributed by atoms with Gasteiger partial charge in [-0.15, -0.1) is 0 Å². The van der Waals surface area contributed by atoms with E-state index in [2.05, 4.69) is 28.8 Å². The van der Waals surface area contributed by atoms with Gasteiger partial charge in [-0.1, -0.05) is 31.0 Å². The Morgan fingerprint density at radius 3 is 2.92 bits per heavy atom. The van der Waals surface area contributed by atoms with Crippen molar-refractivity contribution < 1.29 is 4.39 Å². The van der Waals surface area contributed by atoms with Crippen molar-refractivity contribution in [3.8, 4) is 0 Å². The van der Waals surface area contributed by atoms with Gasteiger partial charge in [-0.2, -0.15) is 0 Å². The van der Waals surface area contributed by atoms with E-state index >= 15 is 0 Å². The lowest BCUT2D eigenvalue weighted by molar-refractivity contribution is 0.513. The van der Waals surface area contributed by atoms with Crippen LogP contribution in [0.15, 0.2) is 29.4 Å². The predicted molar refractivity (Wildman–Crippen MR) is 103 cm³/mol. The number of fused-ring (bicyclic) bond motifs is 1. The van der Waals surface area contributed by atoms with Crippen molar-refractivity contribution in [3.05, 3.63) is 52.2 Å². The maximum Gasteiger partial charge on any atom is 0.151 e. The van der Waals surface area contributed by atoms with E-state index in [1.54, 1.807) is 18.3 Å². The van der Waals surface area contributed by atoms with Gasteiger partial charge in [0.1, 0.15) is 11.5 Å². The van der Waals surface area contributed by atoms with E-state index in [0.29, 0.717) is 23.5 Å². The smallest absolute Gasteiger partial charge is 0.151 e. The molecule has 6 heteroatoms. The molecule has 4 rings (SSSR count). The molecule has 0 unspecified atom stereocenters. The summed E-state index contributed by atoms with van der Waals surface area (Å²) >= 11 is 5.90. The molecule has 1 saturated carbocycles. The van der Waals surface area contributed by atoms with E-state index in [0.717, 1.165) is 29.9 Å². The van der Waals surface area contributed by atoms with Crippen LogP contribution in [0.4, 0.5) is 10.2 Å². The fraction of sp³-hybridized carbons (Fsp3) is 0.450. The highest BCUT2D eigenvalue weighted by Gasteiger charge is 2.26.